The second-order valence-electron chi connectivity index (χ2n) is 10.5. The van der Waals surface area contributed by atoms with E-state index in [-0.39, 0.29) is 24.1 Å². The van der Waals surface area contributed by atoms with Gasteiger partial charge in [0, 0.05) is 22.7 Å². The first-order valence-electron chi connectivity index (χ1n) is 13.8. The summed E-state index contributed by atoms with van der Waals surface area (Å²) in [6.45, 7) is 2.25. The van der Waals surface area contributed by atoms with Gasteiger partial charge in [-0.15, -0.1) is 0 Å². The molecule has 0 bridgehead atoms. The van der Waals surface area contributed by atoms with Crippen molar-refractivity contribution >= 4 is 16.9 Å². The number of esters is 1. The number of rotatable bonds is 9. The van der Waals surface area contributed by atoms with E-state index in [9.17, 15) is 9.18 Å². The van der Waals surface area contributed by atoms with Crippen LogP contribution in [0, 0.1) is 12.7 Å². The van der Waals surface area contributed by atoms with E-state index in [1.165, 1.54) is 18.9 Å². The maximum absolute atomic E-state index is 14.3. The fourth-order valence-corrected chi connectivity index (χ4v) is 5.64. The molecular formula is C35H32FNO3. The topological polar surface area (TPSA) is 40.5 Å². The van der Waals surface area contributed by atoms with Crippen molar-refractivity contribution in [1.29, 1.82) is 0 Å². The minimum Gasteiger partial charge on any atom is -0.489 e. The van der Waals surface area contributed by atoms with Gasteiger partial charge in [0.05, 0.1) is 19.0 Å². The summed E-state index contributed by atoms with van der Waals surface area (Å²) in [5, 5.41) is 1.03. The Labute approximate surface area is 234 Å². The second-order valence-corrected chi connectivity index (χ2v) is 10.5. The second kappa shape index (κ2) is 11.0. The molecule has 6 rings (SSSR count). The molecule has 0 spiro atoms. The maximum atomic E-state index is 14.3. The molecule has 1 fully saturated rings. The lowest BCUT2D eigenvalue weighted by Crippen LogP contribution is -2.12. The predicted octanol–water partition coefficient (Wildman–Crippen LogP) is 8.23. The average Bonchev–Trinajstić information content (AvgIpc) is 3.78. The maximum Gasteiger partial charge on any atom is 0.306 e. The number of ether oxygens (including phenoxy) is 2. The molecule has 0 aliphatic heterocycles. The number of carbonyl (C=O) groups is 1. The molecule has 0 saturated heterocycles. The third-order valence-corrected chi connectivity index (χ3v) is 7.78. The summed E-state index contributed by atoms with van der Waals surface area (Å²) >= 11 is 0. The van der Waals surface area contributed by atoms with E-state index in [4.69, 9.17) is 9.47 Å². The SMILES string of the molecule is COC(=O)CC(c1ccccc1)c1c(C2CC2)n(-c2ccc(F)c(C)c2)c2ccc(OCc3ccccc3)cc12. The van der Waals surface area contributed by atoms with E-state index < -0.39 is 0 Å². The first-order valence-corrected chi connectivity index (χ1v) is 13.8. The molecule has 4 aromatic carbocycles. The van der Waals surface area contributed by atoms with Crippen LogP contribution in [0.2, 0.25) is 0 Å². The van der Waals surface area contributed by atoms with Gasteiger partial charge in [0.2, 0.25) is 0 Å². The molecule has 4 nitrogen and oxygen atoms in total. The van der Waals surface area contributed by atoms with Crippen LogP contribution in [-0.4, -0.2) is 17.6 Å². The molecule has 0 N–H and O–H groups in total. The van der Waals surface area contributed by atoms with Crippen molar-refractivity contribution in [3.8, 4) is 11.4 Å². The summed E-state index contributed by atoms with van der Waals surface area (Å²) in [7, 11) is 1.44. The molecule has 5 aromatic rings. The summed E-state index contributed by atoms with van der Waals surface area (Å²) in [5.41, 5.74) is 6.97. The summed E-state index contributed by atoms with van der Waals surface area (Å²) in [5.74, 6) is 0.421. The zero-order valence-electron chi connectivity index (χ0n) is 22.8. The van der Waals surface area contributed by atoms with Gasteiger partial charge in [0.15, 0.2) is 0 Å². The van der Waals surface area contributed by atoms with Gasteiger partial charge in [0.25, 0.3) is 0 Å². The number of benzene rings is 4. The Kier molecular flexibility index (Phi) is 7.12. The lowest BCUT2D eigenvalue weighted by molar-refractivity contribution is -0.140. The molecule has 1 heterocycles. The van der Waals surface area contributed by atoms with Crippen molar-refractivity contribution in [2.75, 3.05) is 7.11 Å². The van der Waals surface area contributed by atoms with Crippen molar-refractivity contribution in [2.45, 2.75) is 44.6 Å². The monoisotopic (exact) mass is 533 g/mol. The quantitative estimate of drug-likeness (QED) is 0.179. The summed E-state index contributed by atoms with van der Waals surface area (Å²) in [4.78, 5) is 12.8. The number of fused-ring (bicyclic) bond motifs is 1. The van der Waals surface area contributed by atoms with Crippen LogP contribution in [0.3, 0.4) is 0 Å². The normalized spacial score (nSPS) is 13.8. The Morgan fingerprint density at radius 2 is 1.68 bits per heavy atom. The van der Waals surface area contributed by atoms with Crippen LogP contribution in [0.25, 0.3) is 16.6 Å². The Morgan fingerprint density at radius 1 is 0.950 bits per heavy atom. The van der Waals surface area contributed by atoms with E-state index in [1.807, 2.05) is 66.7 Å². The van der Waals surface area contributed by atoms with Crippen LogP contribution >= 0.6 is 0 Å². The highest BCUT2D eigenvalue weighted by molar-refractivity contribution is 5.91. The summed E-state index contributed by atoms with van der Waals surface area (Å²) in [6, 6.07) is 31.7. The van der Waals surface area contributed by atoms with E-state index in [0.29, 0.717) is 18.1 Å². The fourth-order valence-electron chi connectivity index (χ4n) is 5.64. The number of halogens is 1. The highest BCUT2D eigenvalue weighted by Crippen LogP contribution is 2.50. The lowest BCUT2D eigenvalue weighted by atomic mass is 9.85. The van der Waals surface area contributed by atoms with Crippen molar-refractivity contribution in [1.82, 2.24) is 4.57 Å². The molecule has 0 radical (unpaired) electrons. The van der Waals surface area contributed by atoms with Crippen molar-refractivity contribution in [2.24, 2.45) is 0 Å². The molecule has 1 aliphatic rings. The van der Waals surface area contributed by atoms with E-state index in [2.05, 4.69) is 28.8 Å². The fraction of sp³-hybridized carbons (Fsp3) is 0.229. The molecule has 1 aromatic heterocycles. The smallest absolute Gasteiger partial charge is 0.306 e. The average molecular weight is 534 g/mol. The first kappa shape index (κ1) is 25.9. The van der Waals surface area contributed by atoms with Crippen LogP contribution in [0.5, 0.6) is 5.75 Å². The molecule has 1 unspecified atom stereocenters. The van der Waals surface area contributed by atoms with Gasteiger partial charge in [-0.3, -0.25) is 4.79 Å². The van der Waals surface area contributed by atoms with Crippen molar-refractivity contribution in [3.05, 3.63) is 131 Å². The first-order chi connectivity index (χ1) is 19.5. The Morgan fingerprint density at radius 3 is 2.35 bits per heavy atom. The number of nitrogens with zero attached hydrogens (tertiary/aromatic N) is 1. The molecule has 1 atom stereocenters. The van der Waals surface area contributed by atoms with E-state index >= 15 is 0 Å². The van der Waals surface area contributed by atoms with Gasteiger partial charge in [-0.1, -0.05) is 60.7 Å². The highest BCUT2D eigenvalue weighted by atomic mass is 19.1. The standard InChI is InChI=1S/C35H32FNO3/c1-23-19-27(15-17-31(23)36)37-32-18-16-28(40-22-24-9-5-3-6-10-24)20-30(32)34(35(37)26-13-14-26)29(21-33(38)39-2)25-11-7-4-8-12-25/h3-12,15-20,26,29H,13-14,21-22H2,1-2H3. The van der Waals surface area contributed by atoms with Crippen molar-refractivity contribution in [3.63, 3.8) is 0 Å². The van der Waals surface area contributed by atoms with Gasteiger partial charge < -0.3 is 14.0 Å². The van der Waals surface area contributed by atoms with Crippen molar-refractivity contribution < 1.29 is 18.7 Å². The number of aryl methyl sites for hydroxylation is 1. The zero-order chi connectivity index (χ0) is 27.6. The molecule has 0 amide bonds. The van der Waals surface area contributed by atoms with Gasteiger partial charge in [-0.2, -0.15) is 0 Å². The van der Waals surface area contributed by atoms with Crippen LogP contribution in [0.1, 0.15) is 59.0 Å². The van der Waals surface area contributed by atoms with Crippen LogP contribution in [-0.2, 0) is 16.1 Å². The third-order valence-electron chi connectivity index (χ3n) is 7.78. The van der Waals surface area contributed by atoms with Crippen LogP contribution in [0.15, 0.2) is 97.1 Å². The van der Waals surface area contributed by atoms with Crippen LogP contribution in [0.4, 0.5) is 4.39 Å². The minimum atomic E-state index is -0.259. The van der Waals surface area contributed by atoms with E-state index in [0.717, 1.165) is 51.9 Å². The number of aromatic nitrogens is 1. The lowest BCUT2D eigenvalue weighted by Gasteiger charge is -2.20. The number of carbonyl (C=O) groups excluding carboxylic acids is 1. The van der Waals surface area contributed by atoms with Crippen LogP contribution < -0.4 is 4.74 Å². The predicted molar refractivity (Wildman–Crippen MR) is 156 cm³/mol. The molecule has 40 heavy (non-hydrogen) atoms. The molecular weight excluding hydrogens is 501 g/mol. The Hall–Kier alpha value is -4.38. The van der Waals surface area contributed by atoms with Gasteiger partial charge in [-0.05, 0) is 84.3 Å². The van der Waals surface area contributed by atoms with Gasteiger partial charge >= 0.3 is 5.97 Å². The highest BCUT2D eigenvalue weighted by Gasteiger charge is 2.36. The Bertz CT molecular complexity index is 1660. The molecule has 1 aliphatic carbocycles. The largest absolute Gasteiger partial charge is 0.489 e. The van der Waals surface area contributed by atoms with Gasteiger partial charge in [-0.25, -0.2) is 4.39 Å². The number of hydrogen-bond donors (Lipinski definition) is 0. The summed E-state index contributed by atoms with van der Waals surface area (Å²) < 4.78 is 28.0. The zero-order valence-corrected chi connectivity index (χ0v) is 22.8. The summed E-state index contributed by atoms with van der Waals surface area (Å²) in [6.07, 6.45) is 2.36. The Balaban J connectivity index is 1.58. The van der Waals surface area contributed by atoms with Gasteiger partial charge in [0.1, 0.15) is 18.2 Å². The number of hydrogen-bond acceptors (Lipinski definition) is 3. The molecule has 202 valence electrons. The molecule has 1 saturated carbocycles. The molecule has 5 heteroatoms. The van der Waals surface area contributed by atoms with E-state index in [1.54, 1.807) is 6.92 Å². The third kappa shape index (κ3) is 5.12. The minimum absolute atomic E-state index is 0.209. The number of methoxy groups -OCH3 is 1.